The van der Waals surface area contributed by atoms with Gasteiger partial charge in [-0.15, -0.1) is 0 Å². The maximum Gasteiger partial charge on any atom is 0.0491 e. The van der Waals surface area contributed by atoms with Crippen molar-refractivity contribution in [3.05, 3.63) is 166 Å². The zero-order valence-electron chi connectivity index (χ0n) is 34.8. The lowest BCUT2D eigenvalue weighted by molar-refractivity contribution is 0.228. The van der Waals surface area contributed by atoms with Crippen molar-refractivity contribution in [1.29, 1.82) is 0 Å². The summed E-state index contributed by atoms with van der Waals surface area (Å²) in [5, 5.41) is 0. The van der Waals surface area contributed by atoms with Crippen LogP contribution in [0.25, 0.3) is 11.1 Å². The van der Waals surface area contributed by atoms with Crippen LogP contribution in [0.3, 0.4) is 0 Å². The summed E-state index contributed by atoms with van der Waals surface area (Å²) in [6.45, 7) is 27.5. The summed E-state index contributed by atoms with van der Waals surface area (Å²) in [4.78, 5) is 4.82. The Morgan fingerprint density at radius 2 is 0.833 bits per heavy atom. The van der Waals surface area contributed by atoms with E-state index < -0.39 is 0 Å². The molecule has 0 aliphatic carbocycles. The molecule has 1 atom stereocenters. The lowest BCUT2D eigenvalue weighted by Crippen LogP contribution is -2.24. The Morgan fingerprint density at radius 1 is 0.426 bits per heavy atom. The molecule has 0 aromatic heterocycles. The summed E-state index contributed by atoms with van der Waals surface area (Å²) >= 11 is 0. The number of benzene rings is 6. The van der Waals surface area contributed by atoms with E-state index in [0.29, 0.717) is 5.92 Å². The summed E-state index contributed by atoms with van der Waals surface area (Å²) in [5.74, 6) is 0.468. The van der Waals surface area contributed by atoms with Crippen molar-refractivity contribution in [2.45, 2.75) is 95.4 Å². The molecule has 2 heteroatoms. The second-order valence-electron chi connectivity index (χ2n) is 17.9. The van der Waals surface area contributed by atoms with Crippen LogP contribution < -0.4 is 9.80 Å². The van der Waals surface area contributed by atoms with Crippen LogP contribution in [0.2, 0.25) is 0 Å². The maximum atomic E-state index is 2.44. The molecule has 0 spiro atoms. The molecule has 0 amide bonds. The molecule has 0 N–H and O–H groups in total. The summed E-state index contributed by atoms with van der Waals surface area (Å²) in [6, 6.07) is 47.4. The van der Waals surface area contributed by atoms with Crippen molar-refractivity contribution in [1.82, 2.24) is 0 Å². The van der Waals surface area contributed by atoms with Crippen molar-refractivity contribution in [3.63, 3.8) is 0 Å². The number of hydrogen-bond acceptors (Lipinski definition) is 2. The minimum absolute atomic E-state index is 0.165. The summed E-state index contributed by atoms with van der Waals surface area (Å²) in [5.41, 5.74) is 18.9. The van der Waals surface area contributed by atoms with Crippen LogP contribution in [0.15, 0.2) is 127 Å². The van der Waals surface area contributed by atoms with Crippen LogP contribution >= 0.6 is 0 Å². The third-order valence-corrected chi connectivity index (χ3v) is 10.7. The lowest BCUT2D eigenvalue weighted by atomic mass is 9.68. The third-order valence-electron chi connectivity index (χ3n) is 10.7. The summed E-state index contributed by atoms with van der Waals surface area (Å²) < 4.78 is 0. The molecule has 0 saturated heterocycles. The predicted octanol–water partition coefficient (Wildman–Crippen LogP) is 15.7. The first-order valence-electron chi connectivity index (χ1n) is 19.6. The minimum Gasteiger partial charge on any atom is -0.310 e. The fraction of sp³-hybridized carbons (Fsp3) is 0.308. The van der Waals surface area contributed by atoms with Gasteiger partial charge in [0.15, 0.2) is 0 Å². The number of nitrogens with zero attached hydrogens (tertiary/aromatic N) is 2. The highest BCUT2D eigenvalue weighted by molar-refractivity contribution is 5.83. The van der Waals surface area contributed by atoms with Gasteiger partial charge in [0.05, 0.1) is 0 Å². The smallest absolute Gasteiger partial charge is 0.0491 e. The van der Waals surface area contributed by atoms with Crippen LogP contribution in [0.1, 0.15) is 92.8 Å². The number of rotatable bonds is 9. The second kappa shape index (κ2) is 15.3. The maximum absolute atomic E-state index is 2.44. The molecule has 1 unspecified atom stereocenters. The van der Waals surface area contributed by atoms with E-state index in [0.717, 1.165) is 6.42 Å². The summed E-state index contributed by atoms with van der Waals surface area (Å²) in [7, 11) is 0. The Kier molecular flexibility index (Phi) is 11.0. The van der Waals surface area contributed by atoms with Crippen molar-refractivity contribution >= 4 is 34.1 Å². The molecule has 0 radical (unpaired) electrons. The van der Waals surface area contributed by atoms with Gasteiger partial charge < -0.3 is 9.80 Å². The van der Waals surface area contributed by atoms with Crippen molar-refractivity contribution in [3.8, 4) is 11.1 Å². The second-order valence-corrected chi connectivity index (χ2v) is 17.9. The van der Waals surface area contributed by atoms with Crippen molar-refractivity contribution in [2.75, 3.05) is 9.80 Å². The van der Waals surface area contributed by atoms with Crippen LogP contribution in [-0.4, -0.2) is 0 Å². The molecule has 0 saturated carbocycles. The molecule has 2 nitrogen and oxygen atoms in total. The van der Waals surface area contributed by atoms with Gasteiger partial charge in [-0.2, -0.15) is 0 Å². The van der Waals surface area contributed by atoms with Gasteiger partial charge in [0.25, 0.3) is 0 Å². The first-order chi connectivity index (χ1) is 25.5. The lowest BCUT2D eigenvalue weighted by Gasteiger charge is -2.37. The molecule has 0 aliphatic rings. The van der Waals surface area contributed by atoms with Gasteiger partial charge in [0, 0.05) is 34.1 Å². The zero-order valence-corrected chi connectivity index (χ0v) is 34.8. The van der Waals surface area contributed by atoms with Gasteiger partial charge in [-0.05, 0) is 188 Å². The molecule has 0 bridgehead atoms. The van der Waals surface area contributed by atoms with Crippen LogP contribution in [0.4, 0.5) is 34.1 Å². The SMILES string of the molecule is Cc1cccc(N(c2cccc(C)c2)c2ccc(-c3ccc(N(c4cccc(C)c4)c4ccc(C(CC(C)(C)C)C(C)(C)C)c(C)c4)c(C)c3)cc2C)c1. The van der Waals surface area contributed by atoms with E-state index in [9.17, 15) is 0 Å². The molecule has 0 aliphatic heterocycles. The number of aryl methyl sites for hydroxylation is 6. The first-order valence-corrected chi connectivity index (χ1v) is 19.6. The molecular weight excluding hydrogens is 653 g/mol. The molecule has 0 fully saturated rings. The van der Waals surface area contributed by atoms with E-state index in [1.54, 1.807) is 0 Å². The summed E-state index contributed by atoms with van der Waals surface area (Å²) in [6.07, 6.45) is 1.15. The van der Waals surface area contributed by atoms with E-state index in [-0.39, 0.29) is 10.8 Å². The highest BCUT2D eigenvalue weighted by Gasteiger charge is 2.31. The molecule has 6 aromatic carbocycles. The largest absolute Gasteiger partial charge is 0.310 e. The first kappa shape index (κ1) is 38.6. The fourth-order valence-corrected chi connectivity index (χ4v) is 8.01. The Balaban J connectivity index is 1.39. The average Bonchev–Trinajstić information content (AvgIpc) is 3.08. The van der Waals surface area contributed by atoms with E-state index in [4.69, 9.17) is 0 Å². The number of hydrogen-bond donors (Lipinski definition) is 0. The molecule has 54 heavy (non-hydrogen) atoms. The Hall–Kier alpha value is -5.08. The fourth-order valence-electron chi connectivity index (χ4n) is 8.01. The highest BCUT2D eigenvalue weighted by Crippen LogP contribution is 2.46. The molecule has 6 aromatic rings. The molecule has 278 valence electrons. The zero-order chi connectivity index (χ0) is 38.9. The van der Waals surface area contributed by atoms with E-state index >= 15 is 0 Å². The van der Waals surface area contributed by atoms with Crippen LogP contribution in [0.5, 0.6) is 0 Å². The molecular formula is C52H60N2. The molecule has 0 heterocycles. The quantitative estimate of drug-likeness (QED) is 0.147. The average molecular weight is 713 g/mol. The van der Waals surface area contributed by atoms with Gasteiger partial charge in [0.2, 0.25) is 0 Å². The number of anilines is 6. The van der Waals surface area contributed by atoms with Gasteiger partial charge in [0.1, 0.15) is 0 Å². The monoisotopic (exact) mass is 712 g/mol. The van der Waals surface area contributed by atoms with E-state index in [1.807, 2.05) is 0 Å². The Bertz CT molecular complexity index is 2220. The van der Waals surface area contributed by atoms with Crippen molar-refractivity contribution < 1.29 is 0 Å². The van der Waals surface area contributed by atoms with Gasteiger partial charge in [-0.25, -0.2) is 0 Å². The Labute approximate surface area is 326 Å². The van der Waals surface area contributed by atoms with E-state index in [1.165, 1.54) is 84.2 Å². The topological polar surface area (TPSA) is 6.48 Å². The Morgan fingerprint density at radius 3 is 1.17 bits per heavy atom. The standard InChI is InChI=1S/C52H60N2/c1-35-16-13-19-43(28-35)53(44-20-14-17-36(2)29-44)49-26-22-41(31-39(49)5)42-23-27-50(40(6)32-42)54(45-21-15-18-37(3)30-45)46-24-25-47(38(4)33-46)48(52(10,11)12)34-51(7,8)9/h13-33,48H,34H2,1-12H3. The van der Waals surface area contributed by atoms with Gasteiger partial charge in [-0.1, -0.05) is 96.1 Å². The highest BCUT2D eigenvalue weighted by atomic mass is 15.1. The minimum atomic E-state index is 0.165. The van der Waals surface area contributed by atoms with E-state index in [2.05, 4.69) is 220 Å². The molecule has 6 rings (SSSR count). The van der Waals surface area contributed by atoms with Gasteiger partial charge >= 0.3 is 0 Å². The third kappa shape index (κ3) is 8.65. The normalized spacial score (nSPS) is 12.4. The van der Waals surface area contributed by atoms with Crippen LogP contribution in [0, 0.1) is 52.4 Å². The predicted molar refractivity (Wildman–Crippen MR) is 236 cm³/mol. The van der Waals surface area contributed by atoms with Gasteiger partial charge in [-0.3, -0.25) is 0 Å². The van der Waals surface area contributed by atoms with Crippen molar-refractivity contribution in [2.24, 2.45) is 10.8 Å². The van der Waals surface area contributed by atoms with Crippen LogP contribution in [-0.2, 0) is 0 Å².